The SMILES string of the molecule is C.COC(=O)CC[C@@H]1N[C@@]2(C(=O)Nc3cc(Cl)ccc32)[C@@H](c2cccc(Cl)c2F)[C@@H]1[N+](=O)[O-]. The number of hydrogen-bond acceptors (Lipinski definition) is 6. The van der Waals surface area contributed by atoms with Crippen LogP contribution in [-0.4, -0.2) is 36.0 Å². The zero-order valence-corrected chi connectivity index (χ0v) is 18.2. The van der Waals surface area contributed by atoms with Gasteiger partial charge in [0.25, 0.3) is 0 Å². The van der Waals surface area contributed by atoms with E-state index in [4.69, 9.17) is 23.2 Å². The molecule has 176 valence electrons. The van der Waals surface area contributed by atoms with Gasteiger partial charge in [0, 0.05) is 33.2 Å². The van der Waals surface area contributed by atoms with Crippen LogP contribution in [0.5, 0.6) is 0 Å². The van der Waals surface area contributed by atoms with Crippen LogP contribution in [0.15, 0.2) is 36.4 Å². The number of methoxy groups -OCH3 is 1. The number of hydrogen-bond donors (Lipinski definition) is 2. The molecular weight excluding hydrogens is 476 g/mol. The maximum Gasteiger partial charge on any atom is 0.305 e. The Morgan fingerprint density at radius 1 is 1.30 bits per heavy atom. The molecule has 2 aliphatic heterocycles. The van der Waals surface area contributed by atoms with Crippen LogP contribution in [0.4, 0.5) is 10.1 Å². The summed E-state index contributed by atoms with van der Waals surface area (Å²) in [5.41, 5.74) is -0.948. The van der Waals surface area contributed by atoms with Crippen molar-refractivity contribution in [3.8, 4) is 0 Å². The molecule has 0 radical (unpaired) electrons. The maximum atomic E-state index is 15.2. The van der Waals surface area contributed by atoms with Crippen molar-refractivity contribution in [2.75, 3.05) is 12.4 Å². The summed E-state index contributed by atoms with van der Waals surface area (Å²) in [6, 6.07) is 6.49. The molecule has 2 aromatic carbocycles. The van der Waals surface area contributed by atoms with E-state index in [-0.39, 0.29) is 30.9 Å². The molecule has 1 spiro atoms. The van der Waals surface area contributed by atoms with E-state index in [0.717, 1.165) is 0 Å². The van der Waals surface area contributed by atoms with Crippen molar-refractivity contribution in [1.29, 1.82) is 0 Å². The Labute approximate surface area is 199 Å². The topological polar surface area (TPSA) is 111 Å². The molecule has 0 aromatic heterocycles. The van der Waals surface area contributed by atoms with Crippen molar-refractivity contribution in [1.82, 2.24) is 5.32 Å². The van der Waals surface area contributed by atoms with Crippen LogP contribution in [0.25, 0.3) is 0 Å². The molecule has 0 saturated carbocycles. The van der Waals surface area contributed by atoms with Crippen molar-refractivity contribution in [3.63, 3.8) is 0 Å². The fraction of sp³-hybridized carbons (Fsp3) is 0.364. The van der Waals surface area contributed by atoms with Gasteiger partial charge in [0.05, 0.1) is 24.1 Å². The van der Waals surface area contributed by atoms with Gasteiger partial charge in [-0.2, -0.15) is 0 Å². The molecule has 1 saturated heterocycles. The summed E-state index contributed by atoms with van der Waals surface area (Å²) in [5.74, 6) is -3.22. The minimum absolute atomic E-state index is 0. The molecule has 2 aromatic rings. The number of amides is 1. The highest BCUT2D eigenvalue weighted by atomic mass is 35.5. The van der Waals surface area contributed by atoms with Crippen molar-refractivity contribution in [2.45, 2.75) is 43.8 Å². The second-order valence-corrected chi connectivity index (χ2v) is 8.56. The number of nitro groups is 1. The first-order chi connectivity index (χ1) is 15.2. The highest BCUT2D eigenvalue weighted by Crippen LogP contribution is 2.53. The second kappa shape index (κ2) is 9.24. The molecule has 4 atom stereocenters. The number of anilines is 1. The summed E-state index contributed by atoms with van der Waals surface area (Å²) in [4.78, 5) is 36.8. The van der Waals surface area contributed by atoms with Gasteiger partial charge in [-0.1, -0.05) is 48.8 Å². The van der Waals surface area contributed by atoms with Gasteiger partial charge >= 0.3 is 5.97 Å². The van der Waals surface area contributed by atoms with E-state index in [2.05, 4.69) is 15.4 Å². The fourth-order valence-corrected chi connectivity index (χ4v) is 5.13. The summed E-state index contributed by atoms with van der Waals surface area (Å²) in [5, 5.41) is 18.2. The lowest BCUT2D eigenvalue weighted by atomic mass is 9.74. The number of benzene rings is 2. The number of fused-ring (bicyclic) bond motifs is 2. The van der Waals surface area contributed by atoms with Crippen molar-refractivity contribution in [2.24, 2.45) is 0 Å². The van der Waals surface area contributed by atoms with Crippen molar-refractivity contribution in [3.05, 3.63) is 73.5 Å². The van der Waals surface area contributed by atoms with Gasteiger partial charge in [-0.3, -0.25) is 25.0 Å². The van der Waals surface area contributed by atoms with Gasteiger partial charge in [-0.25, -0.2) is 4.39 Å². The summed E-state index contributed by atoms with van der Waals surface area (Å²) in [6.45, 7) is 0. The van der Waals surface area contributed by atoms with Crippen LogP contribution >= 0.6 is 23.2 Å². The van der Waals surface area contributed by atoms with E-state index in [1.54, 1.807) is 12.1 Å². The first-order valence-electron chi connectivity index (χ1n) is 9.74. The number of halogens is 3. The van der Waals surface area contributed by atoms with Crippen molar-refractivity contribution >= 4 is 40.8 Å². The summed E-state index contributed by atoms with van der Waals surface area (Å²) in [7, 11) is 1.21. The lowest BCUT2D eigenvalue weighted by molar-refractivity contribution is -0.527. The first kappa shape index (κ1) is 24.9. The number of nitrogens with zero attached hydrogens (tertiary/aromatic N) is 1. The molecule has 1 amide bonds. The third-order valence-electron chi connectivity index (χ3n) is 6.09. The van der Waals surface area contributed by atoms with Gasteiger partial charge in [0.2, 0.25) is 11.9 Å². The fourth-order valence-electron chi connectivity index (χ4n) is 4.78. The number of ether oxygens (including phenoxy) is 1. The van der Waals surface area contributed by atoms with Crippen molar-refractivity contribution < 1.29 is 23.6 Å². The van der Waals surface area contributed by atoms with Crippen LogP contribution in [-0.2, 0) is 19.9 Å². The lowest BCUT2D eigenvalue weighted by Gasteiger charge is -2.30. The molecular formula is C22H22Cl2FN3O5. The minimum atomic E-state index is -1.66. The summed E-state index contributed by atoms with van der Waals surface area (Å²) < 4.78 is 19.8. The summed E-state index contributed by atoms with van der Waals surface area (Å²) in [6.07, 6.45) is -0.108. The zero-order chi connectivity index (χ0) is 23.2. The predicted molar refractivity (Wildman–Crippen MR) is 122 cm³/mol. The molecule has 33 heavy (non-hydrogen) atoms. The third-order valence-corrected chi connectivity index (χ3v) is 6.62. The number of rotatable bonds is 5. The van der Waals surface area contributed by atoms with E-state index in [9.17, 15) is 19.7 Å². The van der Waals surface area contributed by atoms with Crippen LogP contribution in [0.2, 0.25) is 10.0 Å². The second-order valence-electron chi connectivity index (χ2n) is 7.71. The van der Waals surface area contributed by atoms with E-state index in [1.165, 1.54) is 31.4 Å². The van der Waals surface area contributed by atoms with Gasteiger partial charge in [-0.15, -0.1) is 0 Å². The van der Waals surface area contributed by atoms with Crippen LogP contribution in [0, 0.1) is 15.9 Å². The van der Waals surface area contributed by atoms with E-state index in [0.29, 0.717) is 16.3 Å². The monoisotopic (exact) mass is 497 g/mol. The Morgan fingerprint density at radius 2 is 2.03 bits per heavy atom. The number of esters is 1. The quantitative estimate of drug-likeness (QED) is 0.362. The van der Waals surface area contributed by atoms with E-state index < -0.39 is 46.2 Å². The molecule has 2 heterocycles. The first-order valence-corrected chi connectivity index (χ1v) is 10.5. The third kappa shape index (κ3) is 3.94. The van der Waals surface area contributed by atoms with Gasteiger partial charge in [0.15, 0.2) is 0 Å². The average molecular weight is 498 g/mol. The molecule has 2 aliphatic rings. The van der Waals surface area contributed by atoms with Gasteiger partial charge in [0.1, 0.15) is 11.4 Å². The number of carbonyl (C=O) groups excluding carboxylic acids is 2. The molecule has 0 unspecified atom stereocenters. The highest BCUT2D eigenvalue weighted by molar-refractivity contribution is 6.31. The lowest BCUT2D eigenvalue weighted by Crippen LogP contribution is -2.49. The number of nitrogens with one attached hydrogen (secondary N) is 2. The standard InChI is InChI=1S/C21H18Cl2FN3O5.CH4/c1-32-16(28)8-7-14-19(27(30)31)17(11-3-2-4-13(23)18(11)24)21(26-14)12-6-5-10(22)9-15(12)25-20(21)29;/h2-6,9,14,17,19,26H,7-8H2,1H3,(H,25,29);1H4/t14-,17-,19+,21+;/m0./s1. The largest absolute Gasteiger partial charge is 0.469 e. The highest BCUT2D eigenvalue weighted by Gasteiger charge is 2.67. The molecule has 8 nitrogen and oxygen atoms in total. The minimum Gasteiger partial charge on any atom is -0.469 e. The maximum absolute atomic E-state index is 15.2. The normalized spacial score (nSPS) is 25.3. The summed E-state index contributed by atoms with van der Waals surface area (Å²) >= 11 is 12.1. The van der Waals surface area contributed by atoms with E-state index >= 15 is 4.39 Å². The van der Waals surface area contributed by atoms with Crippen LogP contribution in [0.3, 0.4) is 0 Å². The smallest absolute Gasteiger partial charge is 0.305 e. The molecule has 4 rings (SSSR count). The van der Waals surface area contributed by atoms with Gasteiger partial charge in [-0.05, 0) is 24.6 Å². The Morgan fingerprint density at radius 3 is 2.70 bits per heavy atom. The molecule has 2 N–H and O–H groups in total. The molecule has 11 heteroatoms. The molecule has 1 fully saturated rings. The predicted octanol–water partition coefficient (Wildman–Crippen LogP) is 4.27. The Bertz CT molecular complexity index is 1130. The molecule has 0 aliphatic carbocycles. The Hall–Kier alpha value is -2.75. The average Bonchev–Trinajstić information content (AvgIpc) is 3.23. The van der Waals surface area contributed by atoms with Gasteiger partial charge < -0.3 is 10.1 Å². The van der Waals surface area contributed by atoms with Crippen LogP contribution < -0.4 is 10.6 Å². The molecule has 0 bridgehead atoms. The number of carbonyl (C=O) groups is 2. The Kier molecular flexibility index (Phi) is 6.97. The zero-order valence-electron chi connectivity index (χ0n) is 16.7. The van der Waals surface area contributed by atoms with E-state index in [1.807, 2.05) is 0 Å². The Balaban J connectivity index is 0.00000306. The van der Waals surface area contributed by atoms with Crippen LogP contribution in [0.1, 0.15) is 37.3 Å².